The molecule has 3 rings (SSSR count). The number of halogens is 1. The van der Waals surface area contributed by atoms with Gasteiger partial charge in [0, 0.05) is 23.9 Å². The molecule has 26 heavy (non-hydrogen) atoms. The molecule has 0 radical (unpaired) electrons. The molecule has 0 bridgehead atoms. The average molecular weight is 366 g/mol. The summed E-state index contributed by atoms with van der Waals surface area (Å²) in [7, 11) is 0. The summed E-state index contributed by atoms with van der Waals surface area (Å²) in [5.41, 5.74) is 2.45. The van der Waals surface area contributed by atoms with Crippen LogP contribution in [0.4, 0.5) is 5.69 Å². The van der Waals surface area contributed by atoms with Crippen LogP contribution in [0.5, 0.6) is 0 Å². The van der Waals surface area contributed by atoms with Crippen molar-refractivity contribution < 1.29 is 9.59 Å². The number of hydrogen-bond acceptors (Lipinski definition) is 3. The third-order valence-corrected chi connectivity index (χ3v) is 4.01. The van der Waals surface area contributed by atoms with Crippen molar-refractivity contribution in [1.82, 2.24) is 10.3 Å². The Kier molecular flexibility index (Phi) is 5.61. The molecule has 3 aromatic rings. The molecular weight excluding hydrogens is 350 g/mol. The first-order valence-electron chi connectivity index (χ1n) is 7.97. The van der Waals surface area contributed by atoms with Gasteiger partial charge in [-0.25, -0.2) is 4.98 Å². The van der Waals surface area contributed by atoms with Crippen LogP contribution in [-0.4, -0.2) is 16.8 Å². The molecule has 0 aliphatic heterocycles. The van der Waals surface area contributed by atoms with Crippen molar-refractivity contribution in [1.29, 1.82) is 0 Å². The maximum Gasteiger partial charge on any atom is 0.255 e. The first-order chi connectivity index (χ1) is 12.6. The van der Waals surface area contributed by atoms with Gasteiger partial charge >= 0.3 is 0 Å². The van der Waals surface area contributed by atoms with Crippen LogP contribution in [0.2, 0.25) is 5.15 Å². The average Bonchev–Trinajstić information content (AvgIpc) is 2.69. The number of pyridine rings is 1. The smallest absolute Gasteiger partial charge is 0.255 e. The number of anilines is 1. The van der Waals surface area contributed by atoms with Crippen LogP contribution >= 0.6 is 11.6 Å². The summed E-state index contributed by atoms with van der Waals surface area (Å²) >= 11 is 5.94. The van der Waals surface area contributed by atoms with Gasteiger partial charge in [0.1, 0.15) is 0 Å². The number of amides is 2. The Morgan fingerprint density at radius 3 is 2.23 bits per heavy atom. The Balaban J connectivity index is 1.59. The van der Waals surface area contributed by atoms with Crippen LogP contribution in [0.3, 0.4) is 0 Å². The zero-order valence-electron chi connectivity index (χ0n) is 13.8. The van der Waals surface area contributed by atoms with Crippen LogP contribution in [0, 0.1) is 0 Å². The summed E-state index contributed by atoms with van der Waals surface area (Å²) in [6.45, 7) is 0.379. The summed E-state index contributed by atoms with van der Waals surface area (Å²) in [6.07, 6.45) is 1.55. The van der Waals surface area contributed by atoms with Crippen LogP contribution in [0.25, 0.3) is 0 Å². The predicted octanol–water partition coefficient (Wildman–Crippen LogP) is 3.92. The van der Waals surface area contributed by atoms with Gasteiger partial charge in [0.2, 0.25) is 0 Å². The number of carbonyl (C=O) groups excluding carboxylic acids is 2. The van der Waals surface area contributed by atoms with Crippen molar-refractivity contribution in [3.63, 3.8) is 0 Å². The predicted molar refractivity (Wildman–Crippen MR) is 101 cm³/mol. The van der Waals surface area contributed by atoms with Gasteiger partial charge in [-0.05, 0) is 42.0 Å². The number of aromatic nitrogens is 1. The fraction of sp³-hybridized carbons (Fsp3) is 0.0500. The lowest BCUT2D eigenvalue weighted by Gasteiger charge is -2.08. The van der Waals surface area contributed by atoms with E-state index in [1.807, 2.05) is 18.2 Å². The van der Waals surface area contributed by atoms with Crippen molar-refractivity contribution in [2.75, 3.05) is 5.32 Å². The second-order valence-corrected chi connectivity index (χ2v) is 5.90. The molecule has 6 heteroatoms. The monoisotopic (exact) mass is 365 g/mol. The summed E-state index contributed by atoms with van der Waals surface area (Å²) in [5.74, 6) is -0.418. The van der Waals surface area contributed by atoms with E-state index < -0.39 is 0 Å². The molecular formula is C20H16ClN3O2. The van der Waals surface area contributed by atoms with Crippen molar-refractivity contribution in [2.45, 2.75) is 6.54 Å². The van der Waals surface area contributed by atoms with E-state index >= 15 is 0 Å². The lowest BCUT2D eigenvalue weighted by molar-refractivity contribution is 0.0950. The first-order valence-corrected chi connectivity index (χ1v) is 8.35. The minimum Gasteiger partial charge on any atom is -0.348 e. The van der Waals surface area contributed by atoms with E-state index in [9.17, 15) is 9.59 Å². The first kappa shape index (κ1) is 17.6. The minimum atomic E-state index is -0.278. The Morgan fingerprint density at radius 2 is 1.54 bits per heavy atom. The second kappa shape index (κ2) is 8.27. The lowest BCUT2D eigenvalue weighted by Crippen LogP contribution is -2.22. The topological polar surface area (TPSA) is 71.1 Å². The third kappa shape index (κ3) is 4.46. The lowest BCUT2D eigenvalue weighted by atomic mass is 10.1. The summed E-state index contributed by atoms with van der Waals surface area (Å²) in [4.78, 5) is 28.2. The van der Waals surface area contributed by atoms with E-state index in [1.54, 1.807) is 54.7 Å². The second-order valence-electron chi connectivity index (χ2n) is 5.54. The number of rotatable bonds is 5. The molecule has 0 saturated carbocycles. The van der Waals surface area contributed by atoms with Crippen LogP contribution < -0.4 is 10.6 Å². The van der Waals surface area contributed by atoms with Crippen LogP contribution in [0.1, 0.15) is 26.3 Å². The molecule has 0 aliphatic carbocycles. The molecule has 130 valence electrons. The summed E-state index contributed by atoms with van der Waals surface area (Å²) in [5, 5.41) is 5.80. The maximum atomic E-state index is 12.3. The highest BCUT2D eigenvalue weighted by Crippen LogP contribution is 2.18. The van der Waals surface area contributed by atoms with Gasteiger partial charge < -0.3 is 10.6 Å². The van der Waals surface area contributed by atoms with E-state index in [1.165, 1.54) is 0 Å². The highest BCUT2D eigenvalue weighted by atomic mass is 35.5. The largest absolute Gasteiger partial charge is 0.348 e. The fourth-order valence-corrected chi connectivity index (χ4v) is 2.49. The van der Waals surface area contributed by atoms with Gasteiger partial charge in [0.15, 0.2) is 5.15 Å². The van der Waals surface area contributed by atoms with Gasteiger partial charge in [0.05, 0.1) is 5.69 Å². The van der Waals surface area contributed by atoms with Crippen molar-refractivity contribution >= 4 is 29.1 Å². The normalized spacial score (nSPS) is 10.2. The third-order valence-electron chi connectivity index (χ3n) is 3.71. The van der Waals surface area contributed by atoms with E-state index in [-0.39, 0.29) is 17.0 Å². The van der Waals surface area contributed by atoms with E-state index in [2.05, 4.69) is 15.6 Å². The summed E-state index contributed by atoms with van der Waals surface area (Å²) in [6, 6.07) is 19.4. The zero-order valence-corrected chi connectivity index (χ0v) is 14.5. The molecule has 0 fully saturated rings. The Labute approximate surface area is 156 Å². The molecule has 2 aromatic carbocycles. The van der Waals surface area contributed by atoms with Gasteiger partial charge in [-0.15, -0.1) is 0 Å². The van der Waals surface area contributed by atoms with Crippen molar-refractivity contribution in [3.8, 4) is 0 Å². The number of nitrogens with zero attached hydrogens (tertiary/aromatic N) is 1. The standard InChI is InChI=1S/C20H16ClN3O2/c21-18-17(7-4-12-22-18)24-20(26)16-10-8-14(9-11-16)13-23-19(25)15-5-2-1-3-6-15/h1-12H,13H2,(H,23,25)(H,24,26). The van der Waals surface area contributed by atoms with Gasteiger partial charge in [-0.3, -0.25) is 9.59 Å². The van der Waals surface area contributed by atoms with Gasteiger partial charge in [-0.1, -0.05) is 41.9 Å². The Hall–Kier alpha value is -3.18. The van der Waals surface area contributed by atoms with E-state index in [0.717, 1.165) is 5.56 Å². The molecule has 1 aromatic heterocycles. The van der Waals surface area contributed by atoms with Gasteiger partial charge in [0.25, 0.3) is 11.8 Å². The molecule has 1 heterocycles. The van der Waals surface area contributed by atoms with E-state index in [4.69, 9.17) is 11.6 Å². The Bertz CT molecular complexity index is 912. The van der Waals surface area contributed by atoms with Gasteiger partial charge in [-0.2, -0.15) is 0 Å². The molecule has 2 amide bonds. The number of benzene rings is 2. The fourth-order valence-electron chi connectivity index (χ4n) is 2.32. The molecule has 0 aliphatic rings. The quantitative estimate of drug-likeness (QED) is 0.673. The number of nitrogens with one attached hydrogen (secondary N) is 2. The van der Waals surface area contributed by atoms with Crippen LogP contribution in [-0.2, 0) is 6.54 Å². The SMILES string of the molecule is O=C(NCc1ccc(C(=O)Nc2cccnc2Cl)cc1)c1ccccc1. The van der Waals surface area contributed by atoms with Crippen molar-refractivity contribution in [2.24, 2.45) is 0 Å². The Morgan fingerprint density at radius 1 is 0.846 bits per heavy atom. The molecule has 2 N–H and O–H groups in total. The zero-order chi connectivity index (χ0) is 18.4. The minimum absolute atomic E-state index is 0.140. The highest BCUT2D eigenvalue weighted by molar-refractivity contribution is 6.32. The molecule has 0 saturated heterocycles. The summed E-state index contributed by atoms with van der Waals surface area (Å²) < 4.78 is 0. The number of carbonyl (C=O) groups is 2. The molecule has 5 nitrogen and oxygen atoms in total. The van der Waals surface area contributed by atoms with Crippen molar-refractivity contribution in [3.05, 3.63) is 94.8 Å². The van der Waals surface area contributed by atoms with Crippen LogP contribution in [0.15, 0.2) is 72.9 Å². The van der Waals surface area contributed by atoms with E-state index in [0.29, 0.717) is 23.4 Å². The number of hydrogen-bond donors (Lipinski definition) is 2. The maximum absolute atomic E-state index is 12.3. The molecule has 0 spiro atoms. The highest BCUT2D eigenvalue weighted by Gasteiger charge is 2.09. The molecule has 0 atom stereocenters. The molecule has 0 unspecified atom stereocenters.